The number of hydrogen-bond acceptors (Lipinski definition) is 2. The van der Waals surface area contributed by atoms with Crippen molar-refractivity contribution in [1.29, 1.82) is 0 Å². The van der Waals surface area contributed by atoms with Gasteiger partial charge in [0.05, 0.1) is 6.54 Å². The molecule has 3 heteroatoms. The molecule has 2 aromatic rings. The molecule has 0 unspecified atom stereocenters. The Balaban J connectivity index is 1.67. The van der Waals surface area contributed by atoms with Gasteiger partial charge >= 0.3 is 0 Å². The van der Waals surface area contributed by atoms with Crippen molar-refractivity contribution in [1.82, 2.24) is 4.90 Å². The molecule has 0 aliphatic heterocycles. The lowest BCUT2D eigenvalue weighted by molar-refractivity contribution is -0.128. The predicted molar refractivity (Wildman–Crippen MR) is 100 cm³/mol. The van der Waals surface area contributed by atoms with Crippen molar-refractivity contribution >= 4 is 11.6 Å². The maximum absolute atomic E-state index is 12.3. The Kier molecular flexibility index (Phi) is 4.70. The largest absolute Gasteiger partial charge is 0.376 e. The predicted octanol–water partition coefficient (Wildman–Crippen LogP) is 4.09. The van der Waals surface area contributed by atoms with Crippen LogP contribution in [0.25, 0.3) is 11.1 Å². The summed E-state index contributed by atoms with van der Waals surface area (Å²) in [6.45, 7) is 9.46. The van der Waals surface area contributed by atoms with Crippen LogP contribution in [0.15, 0.2) is 54.6 Å². The number of rotatable bonds is 6. The van der Waals surface area contributed by atoms with E-state index in [2.05, 4.69) is 54.4 Å². The molecule has 1 aliphatic rings. The number of anilines is 1. The van der Waals surface area contributed by atoms with Crippen LogP contribution in [0.2, 0.25) is 0 Å². The lowest BCUT2D eigenvalue weighted by Crippen LogP contribution is -2.36. The van der Waals surface area contributed by atoms with E-state index >= 15 is 0 Å². The van der Waals surface area contributed by atoms with Gasteiger partial charge in [-0.05, 0) is 54.7 Å². The van der Waals surface area contributed by atoms with Crippen LogP contribution in [-0.4, -0.2) is 30.4 Å². The smallest absolute Gasteiger partial charge is 0.242 e. The van der Waals surface area contributed by atoms with Crippen molar-refractivity contribution in [3.8, 4) is 11.1 Å². The Hall–Kier alpha value is -2.55. The fourth-order valence-corrected chi connectivity index (χ4v) is 3.25. The molecule has 0 aromatic heterocycles. The van der Waals surface area contributed by atoms with Gasteiger partial charge < -0.3 is 10.2 Å². The van der Waals surface area contributed by atoms with E-state index in [1.165, 1.54) is 22.3 Å². The number of likely N-dealkylation sites (N-methyl/N-ethyl adjacent to an activating group) is 1. The number of amides is 1. The van der Waals surface area contributed by atoms with Crippen LogP contribution in [0.4, 0.5) is 5.69 Å². The van der Waals surface area contributed by atoms with E-state index in [-0.39, 0.29) is 5.91 Å². The number of nitrogens with zero attached hydrogens (tertiary/aromatic N) is 1. The molecular weight excluding hydrogens is 296 g/mol. The van der Waals surface area contributed by atoms with E-state index in [1.807, 2.05) is 18.7 Å². The molecule has 2 aromatic carbocycles. The van der Waals surface area contributed by atoms with E-state index in [9.17, 15) is 4.79 Å². The number of benzene rings is 2. The third-order valence-corrected chi connectivity index (χ3v) is 4.43. The molecule has 3 nitrogen and oxygen atoms in total. The third kappa shape index (κ3) is 3.35. The highest BCUT2D eigenvalue weighted by atomic mass is 16.2. The quantitative estimate of drug-likeness (QED) is 0.694. The van der Waals surface area contributed by atoms with Gasteiger partial charge in [0.1, 0.15) is 0 Å². The zero-order valence-corrected chi connectivity index (χ0v) is 14.4. The molecule has 0 fully saturated rings. The topological polar surface area (TPSA) is 32.3 Å². The lowest BCUT2D eigenvalue weighted by Gasteiger charge is -2.21. The second-order valence-corrected chi connectivity index (χ2v) is 6.42. The zero-order chi connectivity index (χ0) is 17.1. The van der Waals surface area contributed by atoms with Gasteiger partial charge in [-0.15, -0.1) is 0 Å². The summed E-state index contributed by atoms with van der Waals surface area (Å²) in [5.74, 6) is 0.101. The Labute approximate surface area is 144 Å². The van der Waals surface area contributed by atoms with Crippen molar-refractivity contribution in [3.63, 3.8) is 0 Å². The minimum absolute atomic E-state index is 0.101. The number of fused-ring (bicyclic) bond motifs is 3. The molecule has 0 atom stereocenters. The first-order valence-corrected chi connectivity index (χ1v) is 8.45. The molecular formula is C21H24N2O. The Morgan fingerprint density at radius 3 is 2.67 bits per heavy atom. The first-order chi connectivity index (χ1) is 11.6. The molecule has 3 rings (SSSR count). The Morgan fingerprint density at radius 2 is 1.92 bits per heavy atom. The summed E-state index contributed by atoms with van der Waals surface area (Å²) in [6.07, 6.45) is 0.964. The normalized spacial score (nSPS) is 11.6. The maximum Gasteiger partial charge on any atom is 0.242 e. The molecule has 1 N–H and O–H groups in total. The molecule has 0 saturated heterocycles. The van der Waals surface area contributed by atoms with Crippen LogP contribution in [0.1, 0.15) is 25.0 Å². The van der Waals surface area contributed by atoms with Crippen molar-refractivity contribution in [2.45, 2.75) is 20.3 Å². The fourth-order valence-electron chi connectivity index (χ4n) is 3.25. The average Bonchev–Trinajstić information content (AvgIpc) is 2.95. The van der Waals surface area contributed by atoms with E-state index < -0.39 is 0 Å². The van der Waals surface area contributed by atoms with E-state index in [0.717, 1.165) is 17.7 Å². The minimum atomic E-state index is 0.101. The molecule has 24 heavy (non-hydrogen) atoms. The number of carbonyl (C=O) groups excluding carboxylic acids is 1. The Bertz CT molecular complexity index is 779. The van der Waals surface area contributed by atoms with E-state index in [1.54, 1.807) is 0 Å². The monoisotopic (exact) mass is 320 g/mol. The van der Waals surface area contributed by atoms with Gasteiger partial charge in [-0.1, -0.05) is 42.5 Å². The van der Waals surface area contributed by atoms with Crippen molar-refractivity contribution in [2.24, 2.45) is 0 Å². The molecule has 0 heterocycles. The number of hydrogen-bond donors (Lipinski definition) is 1. The zero-order valence-electron chi connectivity index (χ0n) is 14.4. The van der Waals surface area contributed by atoms with Gasteiger partial charge in [0.25, 0.3) is 0 Å². The van der Waals surface area contributed by atoms with Crippen LogP contribution in [-0.2, 0) is 11.2 Å². The molecule has 124 valence electrons. The summed E-state index contributed by atoms with van der Waals surface area (Å²) < 4.78 is 0. The van der Waals surface area contributed by atoms with Gasteiger partial charge in [0.15, 0.2) is 0 Å². The molecule has 0 spiro atoms. The van der Waals surface area contributed by atoms with Crippen LogP contribution in [0, 0.1) is 0 Å². The summed E-state index contributed by atoms with van der Waals surface area (Å²) in [7, 11) is 0. The summed E-state index contributed by atoms with van der Waals surface area (Å²) in [6, 6.07) is 14.9. The Morgan fingerprint density at radius 1 is 1.17 bits per heavy atom. The minimum Gasteiger partial charge on any atom is -0.376 e. The van der Waals surface area contributed by atoms with E-state index in [0.29, 0.717) is 19.6 Å². The SMILES string of the molecule is C=C(C)CN(CC)C(=O)CNc1ccc2c(c1)Cc1ccccc1-2. The first-order valence-electron chi connectivity index (χ1n) is 8.45. The van der Waals surface area contributed by atoms with Gasteiger partial charge in [0.2, 0.25) is 5.91 Å². The van der Waals surface area contributed by atoms with Gasteiger partial charge in [-0.3, -0.25) is 4.79 Å². The summed E-state index contributed by atoms with van der Waals surface area (Å²) in [5, 5.41) is 3.27. The third-order valence-electron chi connectivity index (χ3n) is 4.43. The van der Waals surface area contributed by atoms with Gasteiger partial charge in [0, 0.05) is 18.8 Å². The van der Waals surface area contributed by atoms with Crippen LogP contribution < -0.4 is 5.32 Å². The highest BCUT2D eigenvalue weighted by Gasteiger charge is 2.18. The summed E-state index contributed by atoms with van der Waals surface area (Å²) >= 11 is 0. The summed E-state index contributed by atoms with van der Waals surface area (Å²) in [4.78, 5) is 14.1. The molecule has 0 radical (unpaired) electrons. The molecule has 0 saturated carbocycles. The van der Waals surface area contributed by atoms with Gasteiger partial charge in [-0.25, -0.2) is 0 Å². The second-order valence-electron chi connectivity index (χ2n) is 6.42. The standard InChI is InChI=1S/C21H24N2O/c1-4-23(14-15(2)3)21(24)13-22-18-9-10-20-17(12-18)11-16-7-5-6-8-19(16)20/h5-10,12,22H,2,4,11,13-14H2,1,3H3. The summed E-state index contributed by atoms with van der Waals surface area (Å²) in [5.41, 5.74) is 7.33. The molecule has 1 amide bonds. The van der Waals surface area contributed by atoms with Crippen molar-refractivity contribution < 1.29 is 4.79 Å². The number of carbonyl (C=O) groups is 1. The van der Waals surface area contributed by atoms with Crippen LogP contribution >= 0.6 is 0 Å². The second kappa shape index (κ2) is 6.91. The highest BCUT2D eigenvalue weighted by molar-refractivity contribution is 5.82. The fraction of sp³-hybridized carbons (Fsp3) is 0.286. The van der Waals surface area contributed by atoms with Gasteiger partial charge in [-0.2, -0.15) is 0 Å². The van der Waals surface area contributed by atoms with Crippen LogP contribution in [0.5, 0.6) is 0 Å². The number of nitrogens with one attached hydrogen (secondary N) is 1. The average molecular weight is 320 g/mol. The first kappa shape index (κ1) is 16.3. The lowest BCUT2D eigenvalue weighted by atomic mass is 10.1. The van der Waals surface area contributed by atoms with Crippen LogP contribution in [0.3, 0.4) is 0 Å². The highest BCUT2D eigenvalue weighted by Crippen LogP contribution is 2.37. The molecule has 0 bridgehead atoms. The van der Waals surface area contributed by atoms with E-state index in [4.69, 9.17) is 0 Å². The molecule has 1 aliphatic carbocycles. The van der Waals surface area contributed by atoms with Crippen molar-refractivity contribution in [3.05, 3.63) is 65.7 Å². The maximum atomic E-state index is 12.3. The van der Waals surface area contributed by atoms with Crippen molar-refractivity contribution in [2.75, 3.05) is 25.0 Å².